The van der Waals surface area contributed by atoms with E-state index in [0.29, 0.717) is 5.25 Å². The predicted octanol–water partition coefficient (Wildman–Crippen LogP) is 1.38. The fraction of sp³-hybridized carbons (Fsp3) is 1.00. The summed E-state index contributed by atoms with van der Waals surface area (Å²) in [5.74, 6) is 1.50. The van der Waals surface area contributed by atoms with Gasteiger partial charge < -0.3 is 0 Å². The first-order chi connectivity index (χ1) is 3.55. The zero-order valence-electron chi connectivity index (χ0n) is 6.18. The molecule has 0 saturated carbocycles. The summed E-state index contributed by atoms with van der Waals surface area (Å²) < 4.78 is 0. The van der Waals surface area contributed by atoms with Crippen LogP contribution >= 0.6 is 12.6 Å². The third-order valence-corrected chi connectivity index (χ3v) is 2.28. The zero-order chi connectivity index (χ0) is 6.73. The minimum absolute atomic E-state index is 0.537. The van der Waals surface area contributed by atoms with Gasteiger partial charge in [-0.3, -0.25) is 0 Å². The molecular weight excluding hydrogens is 115 g/mol. The molecule has 0 aliphatic rings. The van der Waals surface area contributed by atoms with Gasteiger partial charge in [0, 0.05) is 5.25 Å². The molecule has 0 spiro atoms. The number of hydrogen-bond acceptors (Lipinski definition) is 1. The van der Waals surface area contributed by atoms with Gasteiger partial charge in [-0.05, 0) is 5.92 Å². The maximum atomic E-state index is 4.33. The molecule has 0 aromatic heterocycles. The van der Waals surface area contributed by atoms with Crippen molar-refractivity contribution in [2.75, 3.05) is 0 Å². The number of rotatable bonds is 2. The first kappa shape index (κ1) is 8.41. The van der Waals surface area contributed by atoms with Crippen LogP contribution in [0.3, 0.4) is 0 Å². The van der Waals surface area contributed by atoms with Crippen molar-refractivity contribution in [2.24, 2.45) is 5.92 Å². The molecule has 0 nitrogen and oxygen atoms in total. The van der Waals surface area contributed by atoms with Gasteiger partial charge in [0.05, 0.1) is 0 Å². The fourth-order valence-electron chi connectivity index (χ4n) is 0.557. The average Bonchev–Trinajstić information content (AvgIpc) is 1.64. The molecule has 0 aromatic rings. The Hall–Kier alpha value is 0.415. The lowest BCUT2D eigenvalue weighted by Gasteiger charge is -2.18. The van der Waals surface area contributed by atoms with Crippen molar-refractivity contribution in [2.45, 2.75) is 31.8 Å². The largest absolute Gasteiger partial charge is 0.176 e. The van der Waals surface area contributed by atoms with Gasteiger partial charge in [-0.2, -0.15) is 12.6 Å². The van der Waals surface area contributed by atoms with Gasteiger partial charge >= 0.3 is 0 Å². The van der Waals surface area contributed by atoms with Gasteiger partial charge in [-0.15, -0.1) is 0 Å². The molecule has 2 heteroatoms. The van der Waals surface area contributed by atoms with Crippen LogP contribution in [0.15, 0.2) is 0 Å². The maximum absolute atomic E-state index is 4.33. The predicted molar refractivity (Wildman–Crippen MR) is 45.6 cm³/mol. The van der Waals surface area contributed by atoms with E-state index in [1.807, 2.05) is 0 Å². The number of hydrogen-bond donors (Lipinski definition) is 1. The topological polar surface area (TPSA) is 0 Å². The molecule has 0 rings (SSSR count). The average molecular weight is 130 g/mol. The zero-order valence-corrected chi connectivity index (χ0v) is 7.07. The highest BCUT2D eigenvalue weighted by atomic mass is 32.1. The third-order valence-electron chi connectivity index (χ3n) is 1.81. The van der Waals surface area contributed by atoms with Gasteiger partial charge in [-0.25, -0.2) is 0 Å². The van der Waals surface area contributed by atoms with Gasteiger partial charge in [0.2, 0.25) is 0 Å². The van der Waals surface area contributed by atoms with Crippen molar-refractivity contribution >= 4 is 20.5 Å². The minimum Gasteiger partial charge on any atom is -0.176 e. The van der Waals surface area contributed by atoms with E-state index in [0.717, 1.165) is 11.7 Å². The van der Waals surface area contributed by atoms with Crippen LogP contribution in [0.1, 0.15) is 20.8 Å². The Bertz CT molecular complexity index is 53.5. The Labute approximate surface area is 58.9 Å². The summed E-state index contributed by atoms with van der Waals surface area (Å²) >= 11 is 4.33. The molecule has 3 unspecified atom stereocenters. The summed E-state index contributed by atoms with van der Waals surface area (Å²) in [7, 11) is 2.23. The van der Waals surface area contributed by atoms with Crippen molar-refractivity contribution in [3.8, 4) is 0 Å². The van der Waals surface area contributed by atoms with E-state index >= 15 is 0 Å². The Morgan fingerprint density at radius 2 is 1.62 bits per heavy atom. The van der Waals surface area contributed by atoms with Crippen molar-refractivity contribution < 1.29 is 0 Å². The second kappa shape index (κ2) is 3.44. The van der Waals surface area contributed by atoms with Crippen LogP contribution in [0.25, 0.3) is 0 Å². The summed E-state index contributed by atoms with van der Waals surface area (Å²) in [6, 6.07) is 0. The first-order valence-corrected chi connectivity index (χ1v) is 3.75. The molecule has 48 valence electrons. The van der Waals surface area contributed by atoms with E-state index in [9.17, 15) is 0 Å². The molecule has 0 radical (unpaired) electrons. The van der Waals surface area contributed by atoms with Crippen molar-refractivity contribution in [1.82, 2.24) is 0 Å². The monoisotopic (exact) mass is 130 g/mol. The Balaban J connectivity index is 3.46. The van der Waals surface area contributed by atoms with Crippen LogP contribution < -0.4 is 0 Å². The summed E-state index contributed by atoms with van der Waals surface area (Å²) in [5, 5.41) is 0.537. The maximum Gasteiger partial charge on any atom is 0.105 e. The second-order valence-electron chi connectivity index (χ2n) is 2.84. The van der Waals surface area contributed by atoms with Crippen LogP contribution in [0.4, 0.5) is 0 Å². The van der Waals surface area contributed by atoms with Crippen molar-refractivity contribution in [3.05, 3.63) is 0 Å². The molecule has 0 heterocycles. The highest BCUT2D eigenvalue weighted by molar-refractivity contribution is 7.80. The van der Waals surface area contributed by atoms with Crippen LogP contribution in [0.2, 0.25) is 5.82 Å². The van der Waals surface area contributed by atoms with Gasteiger partial charge in [0.25, 0.3) is 0 Å². The Morgan fingerprint density at radius 3 is 1.62 bits per heavy atom. The van der Waals surface area contributed by atoms with Gasteiger partial charge in [0.1, 0.15) is 7.85 Å². The quantitative estimate of drug-likeness (QED) is 0.423. The normalized spacial score (nSPS) is 22.0. The molecule has 0 aromatic carbocycles. The lowest BCUT2D eigenvalue weighted by molar-refractivity contribution is 0.560. The van der Waals surface area contributed by atoms with Crippen LogP contribution in [-0.2, 0) is 0 Å². The van der Waals surface area contributed by atoms with E-state index in [4.69, 9.17) is 0 Å². The lowest BCUT2D eigenvalue weighted by atomic mass is 9.78. The summed E-state index contributed by atoms with van der Waals surface area (Å²) in [4.78, 5) is 0. The van der Waals surface area contributed by atoms with E-state index < -0.39 is 0 Å². The number of thiol groups is 1. The van der Waals surface area contributed by atoms with E-state index in [2.05, 4.69) is 41.2 Å². The Morgan fingerprint density at radius 1 is 1.25 bits per heavy atom. The molecule has 0 amide bonds. The molecule has 0 fully saturated rings. The molecule has 0 saturated heterocycles. The first-order valence-electron chi connectivity index (χ1n) is 3.23. The van der Waals surface area contributed by atoms with Crippen LogP contribution in [-0.4, -0.2) is 13.1 Å². The molecule has 3 atom stereocenters. The van der Waals surface area contributed by atoms with Crippen LogP contribution in [0.5, 0.6) is 0 Å². The fourth-order valence-corrected chi connectivity index (χ4v) is 0.901. The van der Waals surface area contributed by atoms with E-state index in [1.54, 1.807) is 0 Å². The molecule has 0 N–H and O–H groups in total. The van der Waals surface area contributed by atoms with Crippen molar-refractivity contribution in [1.29, 1.82) is 0 Å². The molecule has 0 bridgehead atoms. The molecule has 0 aliphatic carbocycles. The van der Waals surface area contributed by atoms with Gasteiger partial charge in [-0.1, -0.05) is 26.6 Å². The molecule has 0 aliphatic heterocycles. The molecule has 8 heavy (non-hydrogen) atoms. The summed E-state index contributed by atoms with van der Waals surface area (Å²) in [6.45, 7) is 6.62. The van der Waals surface area contributed by atoms with Gasteiger partial charge in [0.15, 0.2) is 0 Å². The minimum atomic E-state index is 0.537. The molecular formula is C6H15BS. The highest BCUT2D eigenvalue weighted by Crippen LogP contribution is 2.20. The summed E-state index contributed by atoms with van der Waals surface area (Å²) in [6.07, 6.45) is 0. The second-order valence-corrected chi connectivity index (χ2v) is 3.66. The summed E-state index contributed by atoms with van der Waals surface area (Å²) in [5.41, 5.74) is 0. The van der Waals surface area contributed by atoms with E-state index in [1.165, 1.54) is 0 Å². The van der Waals surface area contributed by atoms with Crippen molar-refractivity contribution in [3.63, 3.8) is 0 Å². The van der Waals surface area contributed by atoms with Crippen LogP contribution in [0, 0.1) is 5.92 Å². The lowest BCUT2D eigenvalue weighted by Crippen LogP contribution is -2.11. The highest BCUT2D eigenvalue weighted by Gasteiger charge is 2.10. The smallest absolute Gasteiger partial charge is 0.105 e. The standard InChI is InChI=1S/C6H15BS/c1-4(5(2)7)6(3)8/h4-6,8H,7H2,1-3H3. The Kier molecular flexibility index (Phi) is 3.62. The SMILES string of the molecule is BC(C)C(C)C(C)S. The third kappa shape index (κ3) is 2.66. The van der Waals surface area contributed by atoms with E-state index in [-0.39, 0.29) is 0 Å².